The van der Waals surface area contributed by atoms with Crippen LogP contribution in [0.1, 0.15) is 28.3 Å². The first-order valence-corrected chi connectivity index (χ1v) is 6.15. The summed E-state index contributed by atoms with van der Waals surface area (Å²) in [5.41, 5.74) is 10.3. The van der Waals surface area contributed by atoms with Crippen LogP contribution >= 0.6 is 11.6 Å². The molecular weight excluding hydrogens is 249 g/mol. The van der Waals surface area contributed by atoms with E-state index in [1.807, 2.05) is 32.0 Å². The maximum atomic E-state index is 13.4. The number of rotatable bonds is 2. The van der Waals surface area contributed by atoms with E-state index in [0.717, 1.165) is 16.7 Å². The number of hydrogen-bond donors (Lipinski definition) is 1. The first-order valence-electron chi connectivity index (χ1n) is 5.77. The molecule has 0 spiro atoms. The molecule has 18 heavy (non-hydrogen) atoms. The van der Waals surface area contributed by atoms with Gasteiger partial charge in [0.1, 0.15) is 5.82 Å². The third kappa shape index (κ3) is 2.40. The topological polar surface area (TPSA) is 26.0 Å². The zero-order valence-electron chi connectivity index (χ0n) is 10.4. The summed E-state index contributed by atoms with van der Waals surface area (Å²) < 4.78 is 13.4. The summed E-state index contributed by atoms with van der Waals surface area (Å²) in [5, 5.41) is 0.118. The average Bonchev–Trinajstić information content (AvgIpc) is 2.35. The van der Waals surface area contributed by atoms with Crippen LogP contribution in [0.5, 0.6) is 0 Å². The van der Waals surface area contributed by atoms with Crippen molar-refractivity contribution >= 4 is 11.6 Å². The molecule has 2 rings (SSSR count). The smallest absolute Gasteiger partial charge is 0.142 e. The quantitative estimate of drug-likeness (QED) is 0.866. The van der Waals surface area contributed by atoms with E-state index < -0.39 is 5.82 Å². The van der Waals surface area contributed by atoms with Crippen molar-refractivity contribution < 1.29 is 4.39 Å². The van der Waals surface area contributed by atoms with Crippen LogP contribution < -0.4 is 5.73 Å². The summed E-state index contributed by atoms with van der Waals surface area (Å²) in [4.78, 5) is 0. The van der Waals surface area contributed by atoms with Gasteiger partial charge in [0.15, 0.2) is 0 Å². The predicted molar refractivity (Wildman–Crippen MR) is 73.4 cm³/mol. The fourth-order valence-corrected chi connectivity index (χ4v) is 2.11. The maximum Gasteiger partial charge on any atom is 0.142 e. The molecule has 0 saturated carbocycles. The van der Waals surface area contributed by atoms with Crippen LogP contribution in [0, 0.1) is 19.7 Å². The van der Waals surface area contributed by atoms with E-state index in [2.05, 4.69) is 0 Å². The second kappa shape index (κ2) is 5.09. The van der Waals surface area contributed by atoms with Gasteiger partial charge in [-0.05, 0) is 48.2 Å². The van der Waals surface area contributed by atoms with Crippen molar-refractivity contribution in [2.45, 2.75) is 19.9 Å². The maximum absolute atomic E-state index is 13.4. The Hall–Kier alpha value is -1.38. The Morgan fingerprint density at radius 3 is 2.56 bits per heavy atom. The minimum atomic E-state index is -0.435. The standard InChI is InChI=1S/C15H15ClFN/c1-9-4-3-5-12(10(9)2)15(18)11-6-7-13(16)14(17)8-11/h3-8,15H,18H2,1-2H3. The van der Waals surface area contributed by atoms with E-state index >= 15 is 0 Å². The molecule has 0 amide bonds. The molecule has 0 aliphatic heterocycles. The molecule has 2 aromatic rings. The number of benzene rings is 2. The summed E-state index contributed by atoms with van der Waals surface area (Å²) in [5.74, 6) is -0.435. The molecule has 3 heteroatoms. The highest BCUT2D eigenvalue weighted by atomic mass is 35.5. The fraction of sp³-hybridized carbons (Fsp3) is 0.200. The monoisotopic (exact) mass is 263 g/mol. The highest BCUT2D eigenvalue weighted by molar-refractivity contribution is 6.30. The van der Waals surface area contributed by atoms with Gasteiger partial charge in [-0.25, -0.2) is 4.39 Å². The van der Waals surface area contributed by atoms with Gasteiger partial charge in [0.25, 0.3) is 0 Å². The Kier molecular flexibility index (Phi) is 3.69. The Morgan fingerprint density at radius 1 is 1.17 bits per heavy atom. The normalized spacial score (nSPS) is 12.5. The second-order valence-corrected chi connectivity index (χ2v) is 4.85. The third-order valence-electron chi connectivity index (χ3n) is 3.28. The molecule has 2 aromatic carbocycles. The van der Waals surface area contributed by atoms with Gasteiger partial charge in [-0.15, -0.1) is 0 Å². The van der Waals surface area contributed by atoms with Crippen LogP contribution in [0.2, 0.25) is 5.02 Å². The van der Waals surface area contributed by atoms with E-state index in [1.54, 1.807) is 6.07 Å². The highest BCUT2D eigenvalue weighted by Gasteiger charge is 2.13. The molecule has 1 unspecified atom stereocenters. The van der Waals surface area contributed by atoms with Crippen LogP contribution in [0.4, 0.5) is 4.39 Å². The molecule has 0 aliphatic carbocycles. The zero-order chi connectivity index (χ0) is 13.3. The van der Waals surface area contributed by atoms with E-state index in [4.69, 9.17) is 17.3 Å². The molecule has 0 heterocycles. The van der Waals surface area contributed by atoms with Gasteiger partial charge in [0.2, 0.25) is 0 Å². The molecule has 1 atom stereocenters. The molecule has 0 bridgehead atoms. The van der Waals surface area contributed by atoms with Gasteiger partial charge in [0.05, 0.1) is 11.1 Å². The third-order valence-corrected chi connectivity index (χ3v) is 3.59. The molecule has 2 N–H and O–H groups in total. The van der Waals surface area contributed by atoms with Crippen molar-refractivity contribution in [2.24, 2.45) is 5.73 Å². The predicted octanol–water partition coefficient (Wildman–Crippen LogP) is 4.14. The number of halogens is 2. The minimum absolute atomic E-state index is 0.118. The molecule has 0 fully saturated rings. The van der Waals surface area contributed by atoms with Gasteiger partial charge >= 0.3 is 0 Å². The van der Waals surface area contributed by atoms with Crippen molar-refractivity contribution in [3.8, 4) is 0 Å². The number of aryl methyl sites for hydroxylation is 1. The van der Waals surface area contributed by atoms with Crippen LogP contribution in [0.25, 0.3) is 0 Å². The van der Waals surface area contributed by atoms with Gasteiger partial charge in [0, 0.05) is 0 Å². The lowest BCUT2D eigenvalue weighted by molar-refractivity contribution is 0.624. The van der Waals surface area contributed by atoms with E-state index in [1.165, 1.54) is 17.7 Å². The SMILES string of the molecule is Cc1cccc(C(N)c2ccc(Cl)c(F)c2)c1C. The van der Waals surface area contributed by atoms with Crippen molar-refractivity contribution in [1.29, 1.82) is 0 Å². The van der Waals surface area contributed by atoms with E-state index in [0.29, 0.717) is 0 Å². The molecular formula is C15H15ClFN. The second-order valence-electron chi connectivity index (χ2n) is 4.44. The van der Waals surface area contributed by atoms with Crippen LogP contribution in [0.3, 0.4) is 0 Å². The van der Waals surface area contributed by atoms with Crippen molar-refractivity contribution in [2.75, 3.05) is 0 Å². The molecule has 0 radical (unpaired) electrons. The molecule has 94 valence electrons. The van der Waals surface area contributed by atoms with Crippen LogP contribution in [-0.2, 0) is 0 Å². The fourth-order valence-electron chi connectivity index (χ4n) is 2.00. The van der Waals surface area contributed by atoms with E-state index in [-0.39, 0.29) is 11.1 Å². The highest BCUT2D eigenvalue weighted by Crippen LogP contribution is 2.26. The summed E-state index contributed by atoms with van der Waals surface area (Å²) in [6.07, 6.45) is 0. The summed E-state index contributed by atoms with van der Waals surface area (Å²) in [6, 6.07) is 10.3. The minimum Gasteiger partial charge on any atom is -0.320 e. The summed E-state index contributed by atoms with van der Waals surface area (Å²) in [6.45, 7) is 4.06. The number of hydrogen-bond acceptors (Lipinski definition) is 1. The van der Waals surface area contributed by atoms with Gasteiger partial charge in [-0.2, -0.15) is 0 Å². The van der Waals surface area contributed by atoms with Crippen molar-refractivity contribution in [3.63, 3.8) is 0 Å². The first kappa shape index (κ1) is 13.1. The molecule has 0 saturated heterocycles. The van der Waals surface area contributed by atoms with Gasteiger partial charge < -0.3 is 5.73 Å². The lowest BCUT2D eigenvalue weighted by atomic mass is 9.93. The molecule has 1 nitrogen and oxygen atoms in total. The van der Waals surface area contributed by atoms with Crippen molar-refractivity contribution in [3.05, 3.63) is 69.5 Å². The molecule has 0 aromatic heterocycles. The number of nitrogens with two attached hydrogens (primary N) is 1. The van der Waals surface area contributed by atoms with Crippen LogP contribution in [0.15, 0.2) is 36.4 Å². The first-order chi connectivity index (χ1) is 8.50. The zero-order valence-corrected chi connectivity index (χ0v) is 11.1. The average molecular weight is 264 g/mol. The van der Waals surface area contributed by atoms with E-state index in [9.17, 15) is 4.39 Å². The lowest BCUT2D eigenvalue weighted by Crippen LogP contribution is -2.14. The molecule has 0 aliphatic rings. The van der Waals surface area contributed by atoms with Crippen molar-refractivity contribution in [1.82, 2.24) is 0 Å². The Balaban J connectivity index is 2.44. The summed E-state index contributed by atoms with van der Waals surface area (Å²) in [7, 11) is 0. The summed E-state index contributed by atoms with van der Waals surface area (Å²) >= 11 is 5.67. The van der Waals surface area contributed by atoms with Gasteiger partial charge in [-0.3, -0.25) is 0 Å². The lowest BCUT2D eigenvalue weighted by Gasteiger charge is -2.17. The Labute approximate surface area is 111 Å². The largest absolute Gasteiger partial charge is 0.320 e. The van der Waals surface area contributed by atoms with Gasteiger partial charge in [-0.1, -0.05) is 35.9 Å². The Bertz CT molecular complexity index is 581. The van der Waals surface area contributed by atoms with Crippen LogP contribution in [-0.4, -0.2) is 0 Å². The Morgan fingerprint density at radius 2 is 1.89 bits per heavy atom.